The number of ketones is 1. The van der Waals surface area contributed by atoms with Gasteiger partial charge in [-0.2, -0.15) is 13.2 Å². The van der Waals surface area contributed by atoms with E-state index in [1.54, 1.807) is 22.8 Å². The van der Waals surface area contributed by atoms with Gasteiger partial charge in [-0.25, -0.2) is 0 Å². The number of carboxylic acids is 2. The number of hydrogen-bond donors (Lipinski definition) is 3. The number of benzene rings is 2. The highest BCUT2D eigenvalue weighted by molar-refractivity contribution is 5.80. The molecule has 322 valence electrons. The molecule has 0 saturated carbocycles. The van der Waals surface area contributed by atoms with Gasteiger partial charge in [0.05, 0.1) is 70.3 Å². The molecule has 58 heavy (non-hydrogen) atoms. The first-order valence-electron chi connectivity index (χ1n) is 19.9. The summed E-state index contributed by atoms with van der Waals surface area (Å²) in [7, 11) is 0. The van der Waals surface area contributed by atoms with Gasteiger partial charge in [-0.1, -0.05) is 42.0 Å². The van der Waals surface area contributed by atoms with Crippen molar-refractivity contribution in [3.05, 3.63) is 70.8 Å². The maximum Gasteiger partial charge on any atom is 0.416 e. The van der Waals surface area contributed by atoms with E-state index in [1.165, 1.54) is 0 Å². The van der Waals surface area contributed by atoms with Crippen molar-refractivity contribution in [2.45, 2.75) is 57.5 Å². The highest BCUT2D eigenvalue weighted by Gasteiger charge is 2.35. The number of hydrogen-bond acceptors (Lipinski definition) is 11. The quantitative estimate of drug-likeness (QED) is 0.149. The van der Waals surface area contributed by atoms with Gasteiger partial charge >= 0.3 is 18.1 Å². The number of aryl methyl sites for hydroxylation is 1. The third-order valence-corrected chi connectivity index (χ3v) is 10.1. The van der Waals surface area contributed by atoms with Crippen LogP contribution in [0.25, 0.3) is 0 Å². The first kappa shape index (κ1) is 46.7. The summed E-state index contributed by atoms with van der Waals surface area (Å²) >= 11 is 0. The number of piperidine rings is 1. The van der Waals surface area contributed by atoms with Gasteiger partial charge in [-0.15, -0.1) is 0 Å². The average Bonchev–Trinajstić information content (AvgIpc) is 3.25. The summed E-state index contributed by atoms with van der Waals surface area (Å²) in [5, 5.41) is 21.3. The number of aliphatic carboxylic acids is 2. The second-order valence-corrected chi connectivity index (χ2v) is 14.9. The van der Waals surface area contributed by atoms with Crippen molar-refractivity contribution in [3.63, 3.8) is 0 Å². The zero-order valence-corrected chi connectivity index (χ0v) is 33.3. The number of alkyl halides is 3. The number of carbonyl (C=O) groups excluding carboxylic acids is 2. The van der Waals surface area contributed by atoms with Gasteiger partial charge in [0.25, 0.3) is 0 Å². The summed E-state index contributed by atoms with van der Waals surface area (Å²) in [4.78, 5) is 55.8. The molecule has 2 aromatic rings. The van der Waals surface area contributed by atoms with E-state index in [-0.39, 0.29) is 69.8 Å². The first-order valence-corrected chi connectivity index (χ1v) is 19.9. The van der Waals surface area contributed by atoms with Crippen LogP contribution in [0.3, 0.4) is 0 Å². The van der Waals surface area contributed by atoms with Gasteiger partial charge in [0.15, 0.2) is 0 Å². The van der Waals surface area contributed by atoms with Crippen molar-refractivity contribution in [1.29, 1.82) is 0 Å². The molecule has 0 aliphatic carbocycles. The van der Waals surface area contributed by atoms with Crippen LogP contribution in [0.15, 0.2) is 48.5 Å². The molecule has 2 fully saturated rings. The van der Waals surface area contributed by atoms with Crippen LogP contribution in [0.1, 0.15) is 54.0 Å². The molecule has 0 radical (unpaired) electrons. The number of Topliss-reactive ketones (excluding diaryl/α,β-unsaturated/α-hetero) is 1. The fourth-order valence-electron chi connectivity index (χ4n) is 7.33. The molecule has 2 heterocycles. The third-order valence-electron chi connectivity index (χ3n) is 10.1. The van der Waals surface area contributed by atoms with E-state index in [0.717, 1.165) is 30.5 Å². The number of amides is 1. The Bertz CT molecular complexity index is 1570. The lowest BCUT2D eigenvalue weighted by molar-refractivity contribution is -0.140. The Morgan fingerprint density at radius 2 is 1.38 bits per heavy atom. The van der Waals surface area contributed by atoms with E-state index in [0.29, 0.717) is 89.6 Å². The summed E-state index contributed by atoms with van der Waals surface area (Å²) in [6.07, 6.45) is -2.38. The van der Waals surface area contributed by atoms with Crippen LogP contribution < -0.4 is 5.32 Å². The molecular weight excluding hydrogens is 763 g/mol. The van der Waals surface area contributed by atoms with Crippen LogP contribution in [0.5, 0.6) is 0 Å². The number of carbonyl (C=O) groups is 4. The summed E-state index contributed by atoms with van der Waals surface area (Å²) in [6, 6.07) is 13.5. The maximum absolute atomic E-state index is 13.4. The molecule has 1 amide bonds. The van der Waals surface area contributed by atoms with E-state index in [9.17, 15) is 42.6 Å². The monoisotopic (exact) mass is 821 g/mol. The van der Waals surface area contributed by atoms with Crippen LogP contribution in [0.4, 0.5) is 13.2 Å². The lowest BCUT2D eigenvalue weighted by Crippen LogP contribution is -2.45. The number of halogens is 3. The zero-order chi connectivity index (χ0) is 41.9. The Morgan fingerprint density at radius 3 is 1.98 bits per heavy atom. The largest absolute Gasteiger partial charge is 0.480 e. The van der Waals surface area contributed by atoms with Crippen LogP contribution in [-0.4, -0.2) is 165 Å². The topological polar surface area (TPSA) is 161 Å². The Balaban J connectivity index is 1.12. The van der Waals surface area contributed by atoms with Crippen molar-refractivity contribution < 1.29 is 56.8 Å². The van der Waals surface area contributed by atoms with Crippen molar-refractivity contribution in [2.24, 2.45) is 0 Å². The van der Waals surface area contributed by atoms with Gasteiger partial charge in [-0.05, 0) is 56.0 Å². The smallest absolute Gasteiger partial charge is 0.416 e. The second kappa shape index (κ2) is 24.2. The normalized spacial score (nSPS) is 19.2. The Hall–Kier alpha value is -3.97. The molecule has 0 bridgehead atoms. The zero-order valence-electron chi connectivity index (χ0n) is 33.3. The maximum atomic E-state index is 13.4. The molecule has 17 heteroatoms. The van der Waals surface area contributed by atoms with Crippen molar-refractivity contribution in [3.8, 4) is 0 Å². The fraction of sp³-hybridized carbons (Fsp3) is 0.610. The summed E-state index contributed by atoms with van der Waals surface area (Å²) in [6.45, 7) is 6.59. The van der Waals surface area contributed by atoms with Crippen LogP contribution in [0.2, 0.25) is 0 Å². The van der Waals surface area contributed by atoms with Crippen LogP contribution in [-0.2, 0) is 46.2 Å². The molecule has 4 rings (SSSR count). The van der Waals surface area contributed by atoms with Crippen molar-refractivity contribution in [2.75, 3.05) is 105 Å². The first-order chi connectivity index (χ1) is 27.8. The molecular formula is C41H58F3N5O9. The summed E-state index contributed by atoms with van der Waals surface area (Å²) in [5.41, 5.74) is 1.26. The molecule has 2 aliphatic rings. The van der Waals surface area contributed by atoms with E-state index in [4.69, 9.17) is 14.2 Å². The minimum Gasteiger partial charge on any atom is -0.480 e. The highest BCUT2D eigenvalue weighted by atomic mass is 19.4. The Labute approximate surface area is 338 Å². The van der Waals surface area contributed by atoms with Crippen molar-refractivity contribution in [1.82, 2.24) is 24.9 Å². The highest BCUT2D eigenvalue weighted by Crippen LogP contribution is 2.35. The molecule has 2 saturated heterocycles. The number of nitrogens with one attached hydrogen (secondary N) is 1. The Kier molecular flexibility index (Phi) is 19.5. The van der Waals surface area contributed by atoms with Crippen LogP contribution >= 0.6 is 0 Å². The molecule has 14 nitrogen and oxygen atoms in total. The number of carboxylic acid groups (broad SMARTS) is 2. The van der Waals surface area contributed by atoms with Gasteiger partial charge < -0.3 is 29.7 Å². The second-order valence-electron chi connectivity index (χ2n) is 14.9. The minimum atomic E-state index is -4.44. The molecule has 0 aromatic heterocycles. The van der Waals surface area contributed by atoms with E-state index in [2.05, 4.69) is 10.2 Å². The number of likely N-dealkylation sites (tertiary alicyclic amines) is 1. The standard InChI is InChI=1S/C41H58F3N5O9/c1-31-23-32(25-34(24-31)41(42,43)44)30-58-36-10-5-12-49(40(36)33-7-3-2-4-8-33)26-35(50)9-6-19-56-21-22-57-20-11-45-37(51)27-46-13-15-47(28-38(52)53)17-18-48(16-14-46)29-39(54)55/h2-4,7-8,23-25,36,40H,5-6,9-22,26-30H2,1H3,(H,45,51)(H,52,53)(H,54,55)/t36-,40-/m0/s1. The van der Waals surface area contributed by atoms with Gasteiger partial charge in [0, 0.05) is 58.8 Å². The third kappa shape index (κ3) is 17.1. The Morgan fingerprint density at radius 1 is 0.776 bits per heavy atom. The molecule has 0 unspecified atom stereocenters. The molecule has 2 aromatic carbocycles. The van der Waals surface area contributed by atoms with Gasteiger partial charge in [0.1, 0.15) is 5.78 Å². The van der Waals surface area contributed by atoms with Crippen molar-refractivity contribution >= 4 is 23.6 Å². The molecule has 0 spiro atoms. The predicted molar refractivity (Wildman–Crippen MR) is 208 cm³/mol. The number of nitrogens with zero attached hydrogens (tertiary/aromatic N) is 4. The van der Waals surface area contributed by atoms with Gasteiger partial charge in [0.2, 0.25) is 5.91 Å². The lowest BCUT2D eigenvalue weighted by atomic mass is 9.91. The molecule has 3 N–H and O–H groups in total. The molecule has 2 atom stereocenters. The predicted octanol–water partition coefficient (Wildman–Crippen LogP) is 3.32. The average molecular weight is 822 g/mol. The van der Waals surface area contributed by atoms with E-state index < -0.39 is 23.7 Å². The summed E-state index contributed by atoms with van der Waals surface area (Å²) < 4.78 is 57.9. The molecule has 2 aliphatic heterocycles. The van der Waals surface area contributed by atoms with Gasteiger partial charge in [-0.3, -0.25) is 38.8 Å². The minimum absolute atomic E-state index is 0.0325. The number of rotatable bonds is 22. The fourth-order valence-corrected chi connectivity index (χ4v) is 7.33. The SMILES string of the molecule is Cc1cc(CO[C@H]2CCCN(CC(=O)CCCOCCOCCNC(=O)CN3CCN(CC(=O)O)CCN(CC(=O)O)CC3)[C@H]2c2ccccc2)cc(C(F)(F)F)c1. The summed E-state index contributed by atoms with van der Waals surface area (Å²) in [5.74, 6) is -2.08. The lowest BCUT2D eigenvalue weighted by Gasteiger charge is -2.41. The number of ether oxygens (including phenoxy) is 3. The van der Waals surface area contributed by atoms with Crippen LogP contribution in [0, 0.1) is 6.92 Å². The van der Waals surface area contributed by atoms with E-state index >= 15 is 0 Å². The van der Waals surface area contributed by atoms with E-state index in [1.807, 2.05) is 35.2 Å².